The van der Waals surface area contributed by atoms with Crippen LogP contribution < -0.4 is 5.32 Å². The minimum absolute atomic E-state index is 0.0908. The van der Waals surface area contributed by atoms with Gasteiger partial charge >= 0.3 is 5.97 Å². The van der Waals surface area contributed by atoms with Crippen LogP contribution in [0.3, 0.4) is 0 Å². The molecule has 0 spiro atoms. The Bertz CT molecular complexity index is 953. The monoisotopic (exact) mass is 391 g/mol. The standard InChI is InChI=1S/C18H21N3O5S/c1-12-5-8-15(9-16(12)27(24,25)21(3)4)20-17(22)11-26-18(23)14-7-6-13(2)19-10-14/h5-10H,11H2,1-4H3,(H,20,22). The van der Waals surface area contributed by atoms with Crippen molar-refractivity contribution in [2.75, 3.05) is 26.0 Å². The number of nitrogens with one attached hydrogen (secondary N) is 1. The van der Waals surface area contributed by atoms with Gasteiger partial charge in [-0.25, -0.2) is 17.5 Å². The van der Waals surface area contributed by atoms with Gasteiger partial charge in [0.2, 0.25) is 10.0 Å². The van der Waals surface area contributed by atoms with E-state index in [0.717, 1.165) is 10.00 Å². The molecule has 8 nitrogen and oxygen atoms in total. The van der Waals surface area contributed by atoms with Gasteiger partial charge in [-0.3, -0.25) is 9.78 Å². The molecule has 1 aromatic heterocycles. The van der Waals surface area contributed by atoms with Gasteiger partial charge in [0, 0.05) is 31.7 Å². The lowest BCUT2D eigenvalue weighted by molar-refractivity contribution is -0.119. The second kappa shape index (κ2) is 8.28. The van der Waals surface area contributed by atoms with E-state index < -0.39 is 28.5 Å². The molecule has 0 aliphatic rings. The fraction of sp³-hybridized carbons (Fsp3) is 0.278. The van der Waals surface area contributed by atoms with Crippen LogP contribution in [0.5, 0.6) is 0 Å². The second-order valence-electron chi connectivity index (χ2n) is 6.08. The maximum Gasteiger partial charge on any atom is 0.340 e. The van der Waals surface area contributed by atoms with Crippen molar-refractivity contribution in [2.45, 2.75) is 18.7 Å². The van der Waals surface area contributed by atoms with E-state index in [1.54, 1.807) is 38.1 Å². The molecule has 0 bridgehead atoms. The van der Waals surface area contributed by atoms with Crippen molar-refractivity contribution in [1.29, 1.82) is 0 Å². The third-order valence-corrected chi connectivity index (χ3v) is 5.67. The minimum Gasteiger partial charge on any atom is -0.452 e. The Morgan fingerprint density at radius 2 is 1.85 bits per heavy atom. The smallest absolute Gasteiger partial charge is 0.340 e. The number of nitrogens with zero attached hydrogens (tertiary/aromatic N) is 2. The highest BCUT2D eigenvalue weighted by Gasteiger charge is 2.20. The van der Waals surface area contributed by atoms with Crippen LogP contribution in [-0.4, -0.2) is 50.3 Å². The first kappa shape index (κ1) is 20.5. The second-order valence-corrected chi connectivity index (χ2v) is 8.20. The fourth-order valence-electron chi connectivity index (χ4n) is 2.15. The number of aryl methyl sites for hydroxylation is 2. The number of amides is 1. The van der Waals surface area contributed by atoms with Crippen molar-refractivity contribution >= 4 is 27.6 Å². The Morgan fingerprint density at radius 1 is 1.15 bits per heavy atom. The minimum atomic E-state index is -3.64. The zero-order chi connectivity index (χ0) is 20.2. The molecule has 0 radical (unpaired) electrons. The van der Waals surface area contributed by atoms with Crippen molar-refractivity contribution in [2.24, 2.45) is 0 Å². The molecule has 1 aromatic carbocycles. The zero-order valence-electron chi connectivity index (χ0n) is 15.5. The van der Waals surface area contributed by atoms with Crippen LogP contribution in [0.1, 0.15) is 21.6 Å². The topological polar surface area (TPSA) is 106 Å². The molecular weight excluding hydrogens is 370 g/mol. The number of hydrogen-bond acceptors (Lipinski definition) is 6. The third-order valence-electron chi connectivity index (χ3n) is 3.71. The summed E-state index contributed by atoms with van der Waals surface area (Å²) in [5.74, 6) is -1.25. The molecule has 0 aliphatic heterocycles. The lowest BCUT2D eigenvalue weighted by Gasteiger charge is -2.15. The summed E-state index contributed by atoms with van der Waals surface area (Å²) in [6.07, 6.45) is 1.37. The highest BCUT2D eigenvalue weighted by Crippen LogP contribution is 2.22. The van der Waals surface area contributed by atoms with Gasteiger partial charge in [0.15, 0.2) is 6.61 Å². The summed E-state index contributed by atoms with van der Waals surface area (Å²) in [6.45, 7) is 2.95. The largest absolute Gasteiger partial charge is 0.452 e. The fourth-order valence-corrected chi connectivity index (χ4v) is 3.30. The Hall–Kier alpha value is -2.78. The van der Waals surface area contributed by atoms with E-state index in [1.165, 1.54) is 26.4 Å². The average molecular weight is 391 g/mol. The molecule has 2 aromatic rings. The third kappa shape index (κ3) is 5.11. The number of ether oxygens (including phenoxy) is 1. The maximum absolute atomic E-state index is 12.3. The van der Waals surface area contributed by atoms with E-state index >= 15 is 0 Å². The Balaban J connectivity index is 2.04. The van der Waals surface area contributed by atoms with E-state index in [9.17, 15) is 18.0 Å². The van der Waals surface area contributed by atoms with Crippen LogP contribution in [0.25, 0.3) is 0 Å². The molecule has 0 atom stereocenters. The highest BCUT2D eigenvalue weighted by molar-refractivity contribution is 7.89. The van der Waals surface area contributed by atoms with Gasteiger partial charge in [-0.1, -0.05) is 6.07 Å². The summed E-state index contributed by atoms with van der Waals surface area (Å²) in [6, 6.07) is 7.76. The van der Waals surface area contributed by atoms with E-state index in [4.69, 9.17) is 4.74 Å². The number of esters is 1. The molecule has 144 valence electrons. The number of sulfonamides is 1. The molecule has 27 heavy (non-hydrogen) atoms. The summed E-state index contributed by atoms with van der Waals surface area (Å²) in [5.41, 5.74) is 1.84. The molecule has 2 rings (SSSR count). The molecule has 0 aliphatic carbocycles. The molecule has 0 saturated heterocycles. The summed E-state index contributed by atoms with van der Waals surface area (Å²) >= 11 is 0. The van der Waals surface area contributed by atoms with Gasteiger partial charge in [-0.15, -0.1) is 0 Å². The van der Waals surface area contributed by atoms with Crippen molar-refractivity contribution < 1.29 is 22.7 Å². The predicted molar refractivity (Wildman–Crippen MR) is 99.9 cm³/mol. The maximum atomic E-state index is 12.3. The number of carbonyl (C=O) groups is 2. The van der Waals surface area contributed by atoms with Crippen LogP contribution in [-0.2, 0) is 19.6 Å². The van der Waals surface area contributed by atoms with Crippen molar-refractivity contribution in [1.82, 2.24) is 9.29 Å². The first-order valence-electron chi connectivity index (χ1n) is 8.04. The lowest BCUT2D eigenvalue weighted by Crippen LogP contribution is -2.24. The number of carbonyl (C=O) groups excluding carboxylic acids is 2. The number of benzene rings is 1. The van der Waals surface area contributed by atoms with Crippen LogP contribution in [0.4, 0.5) is 5.69 Å². The van der Waals surface area contributed by atoms with Gasteiger partial charge in [0.05, 0.1) is 10.5 Å². The van der Waals surface area contributed by atoms with Gasteiger partial charge in [0.1, 0.15) is 0 Å². The van der Waals surface area contributed by atoms with Crippen LogP contribution in [0, 0.1) is 13.8 Å². The summed E-state index contributed by atoms with van der Waals surface area (Å²) in [5, 5.41) is 2.52. The molecule has 1 N–H and O–H groups in total. The molecule has 0 unspecified atom stereocenters. The number of anilines is 1. The Kier molecular flexibility index (Phi) is 6.29. The van der Waals surface area contributed by atoms with Gasteiger partial charge in [0.25, 0.3) is 5.91 Å². The summed E-state index contributed by atoms with van der Waals surface area (Å²) in [7, 11) is -0.781. The van der Waals surface area contributed by atoms with Crippen LogP contribution in [0.2, 0.25) is 0 Å². The number of hydrogen-bond donors (Lipinski definition) is 1. The summed E-state index contributed by atoms with van der Waals surface area (Å²) in [4.78, 5) is 28.0. The average Bonchev–Trinajstić information content (AvgIpc) is 2.61. The first-order valence-corrected chi connectivity index (χ1v) is 9.48. The van der Waals surface area contributed by atoms with E-state index in [0.29, 0.717) is 11.3 Å². The van der Waals surface area contributed by atoms with Crippen molar-refractivity contribution in [3.05, 3.63) is 53.3 Å². The van der Waals surface area contributed by atoms with Gasteiger partial charge < -0.3 is 10.1 Å². The van der Waals surface area contributed by atoms with Gasteiger partial charge in [-0.05, 0) is 43.7 Å². The van der Waals surface area contributed by atoms with E-state index in [2.05, 4.69) is 10.3 Å². The number of rotatable bonds is 6. The SMILES string of the molecule is Cc1ccc(C(=O)OCC(=O)Nc2ccc(C)c(S(=O)(=O)N(C)C)c2)cn1. The molecular formula is C18H21N3O5S. The number of aromatic nitrogens is 1. The predicted octanol–water partition coefficient (Wildman–Crippen LogP) is 1.74. The molecule has 0 saturated carbocycles. The first-order chi connectivity index (χ1) is 12.6. The Labute approximate surface area is 158 Å². The highest BCUT2D eigenvalue weighted by atomic mass is 32.2. The molecule has 0 fully saturated rings. The Morgan fingerprint density at radius 3 is 2.44 bits per heavy atom. The van der Waals surface area contributed by atoms with Crippen LogP contribution in [0.15, 0.2) is 41.4 Å². The molecule has 1 amide bonds. The number of pyridine rings is 1. The van der Waals surface area contributed by atoms with Crippen molar-refractivity contribution in [3.8, 4) is 0 Å². The summed E-state index contributed by atoms with van der Waals surface area (Å²) < 4.78 is 30.7. The lowest BCUT2D eigenvalue weighted by atomic mass is 10.2. The zero-order valence-corrected chi connectivity index (χ0v) is 16.3. The normalized spacial score (nSPS) is 11.3. The molecule has 1 heterocycles. The quantitative estimate of drug-likeness (QED) is 0.752. The van der Waals surface area contributed by atoms with Gasteiger partial charge in [-0.2, -0.15) is 0 Å². The molecule has 9 heteroatoms. The van der Waals surface area contributed by atoms with E-state index in [1.807, 2.05) is 0 Å². The van der Waals surface area contributed by atoms with E-state index in [-0.39, 0.29) is 10.5 Å². The van der Waals surface area contributed by atoms with Crippen molar-refractivity contribution in [3.63, 3.8) is 0 Å². The van der Waals surface area contributed by atoms with Crippen LogP contribution >= 0.6 is 0 Å².